The molecule has 1 saturated heterocycles. The predicted octanol–water partition coefficient (Wildman–Crippen LogP) is 3.77. The van der Waals surface area contributed by atoms with Gasteiger partial charge in [-0.3, -0.25) is 0 Å². The van der Waals surface area contributed by atoms with Crippen LogP contribution in [0, 0.1) is 24.2 Å². The van der Waals surface area contributed by atoms with E-state index in [9.17, 15) is 4.79 Å². The zero-order valence-corrected chi connectivity index (χ0v) is 14.2. The summed E-state index contributed by atoms with van der Waals surface area (Å²) in [6.07, 6.45) is 0.938. The normalized spacial score (nSPS) is 19.2. The van der Waals surface area contributed by atoms with Gasteiger partial charge in [-0.05, 0) is 36.6 Å². The second-order valence-electron chi connectivity index (χ2n) is 6.18. The summed E-state index contributed by atoms with van der Waals surface area (Å²) in [4.78, 5) is 12.2. The first-order chi connectivity index (χ1) is 12.2. The number of hydrogen-bond donors (Lipinski definition) is 2. The third kappa shape index (κ3) is 3.98. The van der Waals surface area contributed by atoms with E-state index < -0.39 is 0 Å². The minimum atomic E-state index is -0.267. The van der Waals surface area contributed by atoms with Crippen LogP contribution in [-0.2, 0) is 4.74 Å². The molecule has 5 nitrogen and oxygen atoms in total. The Hall–Kier alpha value is -2.84. The van der Waals surface area contributed by atoms with Gasteiger partial charge in [-0.15, -0.1) is 0 Å². The van der Waals surface area contributed by atoms with Crippen molar-refractivity contribution in [3.05, 3.63) is 65.2 Å². The maximum Gasteiger partial charge on any atom is 0.319 e. The molecule has 0 aromatic heterocycles. The van der Waals surface area contributed by atoms with E-state index in [0.717, 1.165) is 17.5 Å². The Labute approximate surface area is 147 Å². The first-order valence-corrected chi connectivity index (χ1v) is 8.40. The number of nitrogens with one attached hydrogen (secondary N) is 2. The van der Waals surface area contributed by atoms with Crippen LogP contribution in [0.2, 0.25) is 0 Å². The molecule has 2 atom stereocenters. The molecular formula is C20H21N3O2. The molecule has 0 radical (unpaired) electrons. The van der Waals surface area contributed by atoms with E-state index in [1.165, 1.54) is 0 Å². The summed E-state index contributed by atoms with van der Waals surface area (Å²) in [6, 6.07) is 17.2. The lowest BCUT2D eigenvalue weighted by atomic mass is 9.95. The van der Waals surface area contributed by atoms with Crippen LogP contribution in [0.15, 0.2) is 48.5 Å². The van der Waals surface area contributed by atoms with E-state index >= 15 is 0 Å². The van der Waals surface area contributed by atoms with Gasteiger partial charge in [0.1, 0.15) is 0 Å². The first-order valence-electron chi connectivity index (χ1n) is 8.40. The fraction of sp³-hybridized carbons (Fsp3) is 0.300. The molecule has 0 unspecified atom stereocenters. The van der Waals surface area contributed by atoms with E-state index in [1.807, 2.05) is 25.1 Å². The van der Waals surface area contributed by atoms with Gasteiger partial charge in [0, 0.05) is 24.8 Å². The number of urea groups is 1. The molecule has 2 aromatic carbocycles. The second-order valence-corrected chi connectivity index (χ2v) is 6.18. The Balaban J connectivity index is 1.58. The maximum absolute atomic E-state index is 12.2. The Bertz CT molecular complexity index is 783. The van der Waals surface area contributed by atoms with Gasteiger partial charge in [-0.1, -0.05) is 36.4 Å². The summed E-state index contributed by atoms with van der Waals surface area (Å²) in [5, 5.41) is 14.8. The van der Waals surface area contributed by atoms with Crippen molar-refractivity contribution in [3.63, 3.8) is 0 Å². The minimum Gasteiger partial charge on any atom is -0.373 e. The van der Waals surface area contributed by atoms with Crippen molar-refractivity contribution in [3.8, 4) is 6.07 Å². The van der Waals surface area contributed by atoms with E-state index in [0.29, 0.717) is 24.4 Å². The SMILES string of the molecule is Cc1c(C#N)cccc1NC(=O)NC[C@H]1CCO[C@@H]1c1ccccc1. The fourth-order valence-electron chi connectivity index (χ4n) is 3.14. The number of rotatable bonds is 4. The van der Waals surface area contributed by atoms with Crippen LogP contribution in [0.5, 0.6) is 0 Å². The number of nitrogens with zero attached hydrogens (tertiary/aromatic N) is 1. The van der Waals surface area contributed by atoms with Crippen LogP contribution in [0.1, 0.15) is 29.2 Å². The van der Waals surface area contributed by atoms with Crippen LogP contribution in [0.4, 0.5) is 10.5 Å². The third-order valence-corrected chi connectivity index (χ3v) is 4.57. The van der Waals surface area contributed by atoms with Gasteiger partial charge < -0.3 is 15.4 Å². The van der Waals surface area contributed by atoms with Gasteiger partial charge in [0.15, 0.2) is 0 Å². The van der Waals surface area contributed by atoms with E-state index in [-0.39, 0.29) is 18.1 Å². The number of benzene rings is 2. The lowest BCUT2D eigenvalue weighted by Crippen LogP contribution is -2.34. The van der Waals surface area contributed by atoms with Crippen LogP contribution in [0.3, 0.4) is 0 Å². The monoisotopic (exact) mass is 335 g/mol. The Kier molecular flexibility index (Phi) is 5.32. The topological polar surface area (TPSA) is 74.2 Å². The zero-order chi connectivity index (χ0) is 17.6. The molecular weight excluding hydrogens is 314 g/mol. The Morgan fingerprint density at radius 3 is 2.80 bits per heavy atom. The molecule has 25 heavy (non-hydrogen) atoms. The Morgan fingerprint density at radius 1 is 1.24 bits per heavy atom. The smallest absolute Gasteiger partial charge is 0.319 e. The van der Waals surface area contributed by atoms with Crippen LogP contribution in [0.25, 0.3) is 0 Å². The van der Waals surface area contributed by atoms with Gasteiger partial charge in [0.25, 0.3) is 0 Å². The summed E-state index contributed by atoms with van der Waals surface area (Å²) in [5.41, 5.74) is 3.13. The number of carbonyl (C=O) groups excluding carboxylic acids is 1. The average molecular weight is 335 g/mol. The highest BCUT2D eigenvalue weighted by Crippen LogP contribution is 2.33. The second kappa shape index (κ2) is 7.82. The molecule has 0 aliphatic carbocycles. The van der Waals surface area contributed by atoms with Gasteiger partial charge >= 0.3 is 6.03 Å². The molecule has 128 valence electrons. The van der Waals surface area contributed by atoms with Crippen molar-refractivity contribution in [2.24, 2.45) is 5.92 Å². The number of ether oxygens (including phenoxy) is 1. The molecule has 3 rings (SSSR count). The highest BCUT2D eigenvalue weighted by atomic mass is 16.5. The van der Waals surface area contributed by atoms with E-state index in [2.05, 4.69) is 28.8 Å². The minimum absolute atomic E-state index is 0.0187. The molecule has 0 bridgehead atoms. The van der Waals surface area contributed by atoms with Crippen molar-refractivity contribution >= 4 is 11.7 Å². The number of anilines is 1. The van der Waals surface area contributed by atoms with Crippen molar-refractivity contribution in [1.82, 2.24) is 5.32 Å². The maximum atomic E-state index is 12.2. The molecule has 1 aliphatic heterocycles. The zero-order valence-electron chi connectivity index (χ0n) is 14.2. The Morgan fingerprint density at radius 2 is 2.04 bits per heavy atom. The van der Waals surface area contributed by atoms with Crippen LogP contribution >= 0.6 is 0 Å². The standard InChI is InChI=1S/C20H21N3O2/c1-14-16(12-21)8-5-9-18(14)23-20(24)22-13-17-10-11-25-19(17)15-6-3-2-4-7-15/h2-9,17,19H,10-11,13H2,1H3,(H2,22,23,24)/t17-,19-/m1/s1. The van der Waals surface area contributed by atoms with Gasteiger partial charge in [-0.2, -0.15) is 5.26 Å². The van der Waals surface area contributed by atoms with Gasteiger partial charge in [-0.25, -0.2) is 4.79 Å². The number of nitriles is 1. The molecule has 1 heterocycles. The van der Waals surface area contributed by atoms with Crippen molar-refractivity contribution in [2.45, 2.75) is 19.4 Å². The van der Waals surface area contributed by atoms with E-state index in [4.69, 9.17) is 10.00 Å². The van der Waals surface area contributed by atoms with Crippen LogP contribution in [-0.4, -0.2) is 19.2 Å². The van der Waals surface area contributed by atoms with Crippen molar-refractivity contribution in [2.75, 3.05) is 18.5 Å². The van der Waals surface area contributed by atoms with E-state index in [1.54, 1.807) is 18.2 Å². The summed E-state index contributed by atoms with van der Waals surface area (Å²) in [5.74, 6) is 0.250. The summed E-state index contributed by atoms with van der Waals surface area (Å²) >= 11 is 0. The van der Waals surface area contributed by atoms with Gasteiger partial charge in [0.05, 0.1) is 17.7 Å². The number of amides is 2. The van der Waals surface area contributed by atoms with Crippen LogP contribution < -0.4 is 10.6 Å². The highest BCUT2D eigenvalue weighted by Gasteiger charge is 2.29. The van der Waals surface area contributed by atoms with Crippen molar-refractivity contribution < 1.29 is 9.53 Å². The average Bonchev–Trinajstić information content (AvgIpc) is 3.11. The molecule has 1 fully saturated rings. The summed E-state index contributed by atoms with van der Waals surface area (Å²) < 4.78 is 5.84. The molecule has 1 aliphatic rings. The highest BCUT2D eigenvalue weighted by molar-refractivity contribution is 5.90. The largest absolute Gasteiger partial charge is 0.373 e. The fourth-order valence-corrected chi connectivity index (χ4v) is 3.14. The predicted molar refractivity (Wildman–Crippen MR) is 96.2 cm³/mol. The molecule has 2 aromatic rings. The lowest BCUT2D eigenvalue weighted by molar-refractivity contribution is 0.0911. The first kappa shape index (κ1) is 17.0. The van der Waals surface area contributed by atoms with Gasteiger partial charge in [0.2, 0.25) is 0 Å². The molecule has 2 N–H and O–H groups in total. The molecule has 0 spiro atoms. The quantitative estimate of drug-likeness (QED) is 0.893. The molecule has 0 saturated carbocycles. The molecule has 5 heteroatoms. The summed E-state index contributed by atoms with van der Waals surface area (Å²) in [6.45, 7) is 3.07. The number of carbonyl (C=O) groups is 1. The lowest BCUT2D eigenvalue weighted by Gasteiger charge is -2.19. The molecule has 2 amide bonds. The number of hydrogen-bond acceptors (Lipinski definition) is 3. The summed E-state index contributed by atoms with van der Waals surface area (Å²) in [7, 11) is 0. The van der Waals surface area contributed by atoms with Crippen molar-refractivity contribution in [1.29, 1.82) is 5.26 Å². The third-order valence-electron chi connectivity index (χ3n) is 4.57.